The van der Waals surface area contributed by atoms with Crippen LogP contribution in [-0.4, -0.2) is 54.8 Å². The Morgan fingerprint density at radius 3 is 2.73 bits per heavy atom. The number of benzene rings is 1. The van der Waals surface area contributed by atoms with E-state index in [1.54, 1.807) is 0 Å². The summed E-state index contributed by atoms with van der Waals surface area (Å²) in [4.78, 5) is 25.0. The molecule has 22 heavy (non-hydrogen) atoms. The van der Waals surface area contributed by atoms with Crippen LogP contribution in [0.4, 0.5) is 4.39 Å². The third-order valence-corrected chi connectivity index (χ3v) is 3.78. The average molecular weight is 311 g/mol. The number of carboxylic acids is 1. The van der Waals surface area contributed by atoms with Crippen molar-refractivity contribution in [3.8, 4) is 5.75 Å². The molecule has 2 rings (SSSR count). The van der Waals surface area contributed by atoms with Crippen LogP contribution >= 0.6 is 0 Å². The lowest BCUT2D eigenvalue weighted by molar-refractivity contribution is -0.137. The summed E-state index contributed by atoms with van der Waals surface area (Å²) in [6, 6.07) is 3.39. The fourth-order valence-electron chi connectivity index (χ4n) is 2.65. The van der Waals surface area contributed by atoms with E-state index in [1.165, 1.54) is 31.3 Å². The van der Waals surface area contributed by atoms with Crippen molar-refractivity contribution < 1.29 is 28.6 Å². The molecule has 120 valence electrons. The first kappa shape index (κ1) is 16.2. The molecule has 1 aromatic rings. The molecule has 6 nitrogen and oxygen atoms in total. The third-order valence-electron chi connectivity index (χ3n) is 3.78. The monoisotopic (exact) mass is 311 g/mol. The number of carbonyl (C=O) groups excluding carboxylic acids is 1. The molecule has 1 saturated heterocycles. The van der Waals surface area contributed by atoms with Gasteiger partial charge >= 0.3 is 5.97 Å². The molecule has 0 bridgehead atoms. The van der Waals surface area contributed by atoms with Gasteiger partial charge in [-0.2, -0.15) is 0 Å². The molecule has 1 aromatic carbocycles. The topological polar surface area (TPSA) is 76.1 Å². The van der Waals surface area contributed by atoms with E-state index in [0.29, 0.717) is 13.0 Å². The summed E-state index contributed by atoms with van der Waals surface area (Å²) >= 11 is 0. The van der Waals surface area contributed by atoms with E-state index in [2.05, 4.69) is 0 Å². The van der Waals surface area contributed by atoms with Gasteiger partial charge in [-0.15, -0.1) is 0 Å². The van der Waals surface area contributed by atoms with E-state index in [-0.39, 0.29) is 29.7 Å². The summed E-state index contributed by atoms with van der Waals surface area (Å²) < 4.78 is 23.5. The predicted molar refractivity (Wildman–Crippen MR) is 75.4 cm³/mol. The van der Waals surface area contributed by atoms with Gasteiger partial charge in [0.1, 0.15) is 0 Å². The van der Waals surface area contributed by atoms with Crippen molar-refractivity contribution in [3.05, 3.63) is 29.6 Å². The second-order valence-electron chi connectivity index (χ2n) is 5.15. The minimum atomic E-state index is -0.976. The number of hydrogen-bond acceptors (Lipinski definition) is 4. The summed E-state index contributed by atoms with van der Waals surface area (Å²) in [5.41, 5.74) is 0.255. The summed E-state index contributed by atoms with van der Waals surface area (Å²) in [6.07, 6.45) is 0.118. The van der Waals surface area contributed by atoms with Gasteiger partial charge in [0.15, 0.2) is 11.6 Å². The molecular weight excluding hydrogens is 293 g/mol. The molecule has 0 aromatic heterocycles. The van der Waals surface area contributed by atoms with Crippen LogP contribution in [0.3, 0.4) is 0 Å². The van der Waals surface area contributed by atoms with Crippen LogP contribution < -0.4 is 4.74 Å². The van der Waals surface area contributed by atoms with Crippen LogP contribution in [-0.2, 0) is 9.53 Å². The molecule has 1 aliphatic heterocycles. The average Bonchev–Trinajstić information content (AvgIpc) is 2.89. The van der Waals surface area contributed by atoms with Gasteiger partial charge in [0.25, 0.3) is 5.91 Å². The van der Waals surface area contributed by atoms with E-state index in [0.717, 1.165) is 6.07 Å². The molecule has 1 N–H and O–H groups in total. The Bertz CT molecular complexity index is 577. The Balaban J connectivity index is 2.24. The summed E-state index contributed by atoms with van der Waals surface area (Å²) in [5, 5.41) is 8.97. The number of likely N-dealkylation sites (tertiary alicyclic amines) is 1. The zero-order chi connectivity index (χ0) is 16.3. The Kier molecular flexibility index (Phi) is 4.97. The fraction of sp³-hybridized carbons (Fsp3) is 0.467. The smallest absolute Gasteiger partial charge is 0.305 e. The largest absolute Gasteiger partial charge is 0.494 e. The minimum Gasteiger partial charge on any atom is -0.494 e. The van der Waals surface area contributed by atoms with Gasteiger partial charge in [-0.05, 0) is 24.6 Å². The number of carbonyl (C=O) groups is 2. The Labute approximate surface area is 127 Å². The number of amides is 1. The number of ether oxygens (including phenoxy) is 2. The van der Waals surface area contributed by atoms with Crippen molar-refractivity contribution >= 4 is 11.9 Å². The van der Waals surface area contributed by atoms with Crippen molar-refractivity contribution in [3.63, 3.8) is 0 Å². The van der Waals surface area contributed by atoms with Crippen LogP contribution in [0.2, 0.25) is 0 Å². The maximum absolute atomic E-state index is 13.4. The first-order valence-corrected chi connectivity index (χ1v) is 6.85. The van der Waals surface area contributed by atoms with Crippen LogP contribution in [0, 0.1) is 5.82 Å². The lowest BCUT2D eigenvalue weighted by Crippen LogP contribution is -2.37. The van der Waals surface area contributed by atoms with E-state index < -0.39 is 17.8 Å². The first-order valence-electron chi connectivity index (χ1n) is 6.85. The molecule has 2 atom stereocenters. The predicted octanol–water partition coefficient (Wildman–Crippen LogP) is 1.54. The van der Waals surface area contributed by atoms with Gasteiger partial charge in [0.05, 0.1) is 19.6 Å². The van der Waals surface area contributed by atoms with Crippen LogP contribution in [0.5, 0.6) is 5.75 Å². The van der Waals surface area contributed by atoms with Gasteiger partial charge < -0.3 is 19.5 Å². The van der Waals surface area contributed by atoms with Gasteiger partial charge in [-0.1, -0.05) is 0 Å². The highest BCUT2D eigenvalue weighted by molar-refractivity contribution is 5.95. The van der Waals surface area contributed by atoms with E-state index in [1.807, 2.05) is 0 Å². The summed E-state index contributed by atoms with van der Waals surface area (Å²) in [5.74, 6) is -1.92. The van der Waals surface area contributed by atoms with Crippen molar-refractivity contribution in [2.45, 2.75) is 25.0 Å². The van der Waals surface area contributed by atoms with Gasteiger partial charge in [-0.25, -0.2) is 4.39 Å². The molecular formula is C15H18FNO5. The maximum atomic E-state index is 13.4. The fourth-order valence-corrected chi connectivity index (χ4v) is 2.65. The second kappa shape index (κ2) is 6.74. The van der Waals surface area contributed by atoms with Gasteiger partial charge in [0, 0.05) is 25.3 Å². The molecule has 1 amide bonds. The zero-order valence-electron chi connectivity index (χ0n) is 12.4. The van der Waals surface area contributed by atoms with Crippen molar-refractivity contribution in [2.75, 3.05) is 20.8 Å². The minimum absolute atomic E-state index is 0.0249. The highest BCUT2D eigenvalue weighted by Crippen LogP contribution is 2.26. The quantitative estimate of drug-likeness (QED) is 0.892. The molecule has 2 unspecified atom stereocenters. The van der Waals surface area contributed by atoms with Crippen molar-refractivity contribution in [1.82, 2.24) is 4.90 Å². The molecule has 0 spiro atoms. The summed E-state index contributed by atoms with van der Waals surface area (Å²) in [7, 11) is 2.84. The molecule has 0 radical (unpaired) electrons. The molecule has 0 saturated carbocycles. The van der Waals surface area contributed by atoms with E-state index >= 15 is 0 Å². The lowest BCUT2D eigenvalue weighted by Gasteiger charge is -2.23. The number of carboxylic acid groups (broad SMARTS) is 1. The molecule has 1 heterocycles. The number of nitrogens with zero attached hydrogens (tertiary/aromatic N) is 1. The normalized spacial score (nSPS) is 21.0. The Morgan fingerprint density at radius 1 is 1.41 bits per heavy atom. The highest BCUT2D eigenvalue weighted by Gasteiger charge is 2.37. The first-order chi connectivity index (χ1) is 10.5. The molecule has 1 aliphatic rings. The second-order valence-corrected chi connectivity index (χ2v) is 5.15. The molecule has 7 heteroatoms. The zero-order valence-corrected chi connectivity index (χ0v) is 12.4. The number of halogens is 1. The lowest BCUT2D eigenvalue weighted by atomic mass is 10.1. The van der Waals surface area contributed by atoms with Crippen LogP contribution in [0.1, 0.15) is 23.2 Å². The number of aliphatic carboxylic acids is 1. The van der Waals surface area contributed by atoms with E-state index in [9.17, 15) is 14.0 Å². The SMILES string of the molecule is COc1cc(C(=O)N2CC(OC)CC2CC(=O)O)ccc1F. The standard InChI is InChI=1S/C15H18FNO5/c1-21-11-6-10(7-14(18)19)17(8-11)15(20)9-3-4-12(16)13(5-9)22-2/h3-5,10-11H,6-8H2,1-2H3,(H,18,19). The van der Waals surface area contributed by atoms with Crippen molar-refractivity contribution in [2.24, 2.45) is 0 Å². The van der Waals surface area contributed by atoms with Gasteiger partial charge in [0.2, 0.25) is 0 Å². The molecule has 1 fully saturated rings. The third kappa shape index (κ3) is 3.36. The molecule has 0 aliphatic carbocycles. The maximum Gasteiger partial charge on any atom is 0.305 e. The van der Waals surface area contributed by atoms with E-state index in [4.69, 9.17) is 14.6 Å². The Hall–Kier alpha value is -2.15. The Morgan fingerprint density at radius 2 is 2.14 bits per heavy atom. The van der Waals surface area contributed by atoms with Crippen molar-refractivity contribution in [1.29, 1.82) is 0 Å². The number of rotatable bonds is 5. The van der Waals surface area contributed by atoms with Crippen LogP contribution in [0.15, 0.2) is 18.2 Å². The van der Waals surface area contributed by atoms with Gasteiger partial charge in [-0.3, -0.25) is 9.59 Å². The number of methoxy groups -OCH3 is 2. The summed E-state index contributed by atoms with van der Waals surface area (Å²) in [6.45, 7) is 0.312. The highest BCUT2D eigenvalue weighted by atomic mass is 19.1. The number of hydrogen-bond donors (Lipinski definition) is 1. The van der Waals surface area contributed by atoms with Crippen LogP contribution in [0.25, 0.3) is 0 Å².